The first-order valence-corrected chi connectivity index (χ1v) is 7.68. The van der Waals surface area contributed by atoms with Crippen LogP contribution >= 0.6 is 22.6 Å². The summed E-state index contributed by atoms with van der Waals surface area (Å²) in [7, 11) is 0. The van der Waals surface area contributed by atoms with Gasteiger partial charge < -0.3 is 10.4 Å². The SMILES string of the molecule is Cc1cc(I)ccc1NC1=C(C(=O)O)CC2=CC=NC2=C1F. The van der Waals surface area contributed by atoms with Gasteiger partial charge in [0.15, 0.2) is 5.83 Å². The number of anilines is 1. The third kappa shape index (κ3) is 2.58. The minimum absolute atomic E-state index is 0.0101. The summed E-state index contributed by atoms with van der Waals surface area (Å²) in [4.78, 5) is 15.5. The lowest BCUT2D eigenvalue weighted by Crippen LogP contribution is -2.17. The van der Waals surface area contributed by atoms with Gasteiger partial charge in [0.2, 0.25) is 0 Å². The molecule has 4 nitrogen and oxygen atoms in total. The van der Waals surface area contributed by atoms with Gasteiger partial charge in [-0.3, -0.25) is 4.99 Å². The van der Waals surface area contributed by atoms with Gasteiger partial charge in [-0.15, -0.1) is 0 Å². The number of carbonyl (C=O) groups is 1. The van der Waals surface area contributed by atoms with Crippen LogP contribution in [0.15, 0.2) is 57.6 Å². The van der Waals surface area contributed by atoms with Crippen LogP contribution in [0.4, 0.5) is 10.1 Å². The number of nitrogens with one attached hydrogen (secondary N) is 1. The molecule has 22 heavy (non-hydrogen) atoms. The molecule has 0 unspecified atom stereocenters. The number of nitrogens with zero attached hydrogens (tertiary/aromatic N) is 1. The van der Waals surface area contributed by atoms with Crippen molar-refractivity contribution < 1.29 is 14.3 Å². The third-order valence-corrected chi connectivity index (χ3v) is 4.26. The number of hydrogen-bond acceptors (Lipinski definition) is 3. The van der Waals surface area contributed by atoms with E-state index in [1.165, 1.54) is 6.21 Å². The van der Waals surface area contributed by atoms with Gasteiger partial charge >= 0.3 is 5.97 Å². The molecular weight excluding hydrogens is 398 g/mol. The molecule has 6 heteroatoms. The molecule has 112 valence electrons. The molecule has 0 bridgehead atoms. The van der Waals surface area contributed by atoms with E-state index < -0.39 is 11.8 Å². The molecule has 2 aliphatic rings. The molecule has 3 rings (SSSR count). The number of benzene rings is 1. The predicted molar refractivity (Wildman–Crippen MR) is 91.5 cm³/mol. The molecule has 0 atom stereocenters. The summed E-state index contributed by atoms with van der Waals surface area (Å²) in [6, 6.07) is 5.63. The molecular formula is C16H12FIN2O2. The fraction of sp³-hybridized carbons (Fsp3) is 0.125. The third-order valence-electron chi connectivity index (χ3n) is 3.59. The Morgan fingerprint density at radius 2 is 2.23 bits per heavy atom. The Morgan fingerprint density at radius 1 is 1.45 bits per heavy atom. The molecule has 1 aliphatic carbocycles. The van der Waals surface area contributed by atoms with Gasteiger partial charge in [0.25, 0.3) is 0 Å². The van der Waals surface area contributed by atoms with Crippen molar-refractivity contribution in [1.82, 2.24) is 0 Å². The van der Waals surface area contributed by atoms with E-state index in [-0.39, 0.29) is 23.4 Å². The number of allylic oxidation sites excluding steroid dienone is 3. The summed E-state index contributed by atoms with van der Waals surface area (Å²) < 4.78 is 15.7. The average Bonchev–Trinajstić information content (AvgIpc) is 2.92. The van der Waals surface area contributed by atoms with Crippen LogP contribution in [0.2, 0.25) is 0 Å². The van der Waals surface area contributed by atoms with Crippen molar-refractivity contribution in [2.24, 2.45) is 4.99 Å². The lowest BCUT2D eigenvalue weighted by molar-refractivity contribution is -0.132. The summed E-state index contributed by atoms with van der Waals surface area (Å²) in [6.07, 6.45) is 3.29. The number of rotatable bonds is 3. The molecule has 2 N–H and O–H groups in total. The summed E-state index contributed by atoms with van der Waals surface area (Å²) in [5.41, 5.74) is 2.41. The number of aryl methyl sites for hydroxylation is 1. The molecule has 0 saturated heterocycles. The van der Waals surface area contributed by atoms with Crippen molar-refractivity contribution in [3.05, 3.63) is 61.8 Å². The van der Waals surface area contributed by atoms with Crippen LogP contribution in [0.3, 0.4) is 0 Å². The lowest BCUT2D eigenvalue weighted by Gasteiger charge is -2.21. The Kier molecular flexibility index (Phi) is 3.86. The highest BCUT2D eigenvalue weighted by atomic mass is 127. The van der Waals surface area contributed by atoms with E-state index in [4.69, 9.17) is 0 Å². The number of carboxylic acids is 1. The van der Waals surface area contributed by atoms with Crippen molar-refractivity contribution >= 4 is 40.5 Å². The van der Waals surface area contributed by atoms with Crippen molar-refractivity contribution in [3.8, 4) is 0 Å². The van der Waals surface area contributed by atoms with E-state index >= 15 is 0 Å². The van der Waals surface area contributed by atoms with Gasteiger partial charge in [-0.1, -0.05) is 0 Å². The number of carboxylic acid groups (broad SMARTS) is 1. The normalized spacial score (nSPS) is 16.8. The smallest absolute Gasteiger partial charge is 0.334 e. The second-order valence-electron chi connectivity index (χ2n) is 5.05. The van der Waals surface area contributed by atoms with Crippen LogP contribution < -0.4 is 5.32 Å². The minimum Gasteiger partial charge on any atom is -0.478 e. The number of aliphatic carboxylic acids is 1. The van der Waals surface area contributed by atoms with Crippen LogP contribution in [0.5, 0.6) is 0 Å². The maximum absolute atomic E-state index is 14.7. The van der Waals surface area contributed by atoms with Gasteiger partial charge in [0, 0.05) is 21.9 Å². The average molecular weight is 410 g/mol. The van der Waals surface area contributed by atoms with Crippen LogP contribution in [0.25, 0.3) is 0 Å². The molecule has 0 fully saturated rings. The van der Waals surface area contributed by atoms with E-state index in [9.17, 15) is 14.3 Å². The van der Waals surface area contributed by atoms with Crippen LogP contribution in [0.1, 0.15) is 12.0 Å². The Bertz CT molecular complexity index is 806. The first-order valence-electron chi connectivity index (χ1n) is 6.60. The van der Waals surface area contributed by atoms with E-state index in [0.29, 0.717) is 11.3 Å². The van der Waals surface area contributed by atoms with Crippen molar-refractivity contribution in [2.75, 3.05) is 5.32 Å². The summed E-state index contributed by atoms with van der Waals surface area (Å²) >= 11 is 2.19. The Labute approximate surface area is 140 Å². The Hall–Kier alpha value is -1.96. The molecule has 1 aromatic rings. The number of hydrogen-bond donors (Lipinski definition) is 2. The summed E-state index contributed by atoms with van der Waals surface area (Å²) in [5, 5.41) is 12.3. The molecule has 1 heterocycles. The fourth-order valence-corrected chi connectivity index (χ4v) is 3.10. The van der Waals surface area contributed by atoms with Crippen LogP contribution in [0, 0.1) is 10.5 Å². The summed E-state index contributed by atoms with van der Waals surface area (Å²) in [6.45, 7) is 1.89. The van der Waals surface area contributed by atoms with Crippen LogP contribution in [-0.2, 0) is 4.79 Å². The zero-order valence-electron chi connectivity index (χ0n) is 11.7. The van der Waals surface area contributed by atoms with E-state index in [2.05, 4.69) is 32.9 Å². The first-order chi connectivity index (χ1) is 10.5. The van der Waals surface area contributed by atoms with Crippen LogP contribution in [-0.4, -0.2) is 17.3 Å². The number of halogens is 2. The number of aliphatic imine (C=N–C) groups is 1. The second-order valence-corrected chi connectivity index (χ2v) is 6.30. The number of fused-ring (bicyclic) bond motifs is 1. The van der Waals surface area contributed by atoms with Gasteiger partial charge in [0.05, 0.1) is 11.3 Å². The largest absolute Gasteiger partial charge is 0.478 e. The maximum Gasteiger partial charge on any atom is 0.334 e. The van der Waals surface area contributed by atoms with Gasteiger partial charge in [-0.2, -0.15) is 0 Å². The predicted octanol–water partition coefficient (Wildman–Crippen LogP) is 3.95. The monoisotopic (exact) mass is 410 g/mol. The molecule has 0 radical (unpaired) electrons. The Balaban J connectivity index is 2.07. The highest BCUT2D eigenvalue weighted by Crippen LogP contribution is 2.38. The molecule has 0 amide bonds. The molecule has 1 aromatic carbocycles. The standard InChI is InChI=1S/C16H12FIN2O2/c1-8-6-10(18)2-3-12(8)20-15-11(16(21)22)7-9-4-5-19-14(9)13(15)17/h2-6,20H,7H2,1H3,(H,21,22). The zero-order chi connectivity index (χ0) is 15.9. The molecule has 0 aromatic heterocycles. The first kappa shape index (κ1) is 15.0. The zero-order valence-corrected chi connectivity index (χ0v) is 13.8. The fourth-order valence-electron chi connectivity index (χ4n) is 2.45. The van der Waals surface area contributed by atoms with Crippen molar-refractivity contribution in [2.45, 2.75) is 13.3 Å². The quantitative estimate of drug-likeness (QED) is 0.743. The molecule has 0 saturated carbocycles. The Morgan fingerprint density at radius 3 is 2.91 bits per heavy atom. The van der Waals surface area contributed by atoms with Gasteiger partial charge in [0.1, 0.15) is 5.70 Å². The molecule has 0 spiro atoms. The van der Waals surface area contributed by atoms with E-state index in [1.807, 2.05) is 25.1 Å². The van der Waals surface area contributed by atoms with Gasteiger partial charge in [-0.25, -0.2) is 9.18 Å². The van der Waals surface area contributed by atoms with Gasteiger partial charge in [-0.05, 0) is 64.9 Å². The molecule has 1 aliphatic heterocycles. The highest BCUT2D eigenvalue weighted by Gasteiger charge is 2.30. The topological polar surface area (TPSA) is 61.7 Å². The lowest BCUT2D eigenvalue weighted by atomic mass is 9.94. The van der Waals surface area contributed by atoms with E-state index in [1.54, 1.807) is 6.08 Å². The minimum atomic E-state index is -1.13. The second kappa shape index (κ2) is 5.68. The van der Waals surface area contributed by atoms with Crippen molar-refractivity contribution in [3.63, 3.8) is 0 Å². The van der Waals surface area contributed by atoms with Crippen molar-refractivity contribution in [1.29, 1.82) is 0 Å². The summed E-state index contributed by atoms with van der Waals surface area (Å²) in [5.74, 6) is -1.76. The highest BCUT2D eigenvalue weighted by molar-refractivity contribution is 14.1. The van der Waals surface area contributed by atoms with E-state index in [0.717, 1.165) is 9.13 Å². The maximum atomic E-state index is 14.7.